The van der Waals surface area contributed by atoms with E-state index < -0.39 is 0 Å². The van der Waals surface area contributed by atoms with E-state index in [0.717, 1.165) is 61.5 Å². The van der Waals surface area contributed by atoms with Crippen molar-refractivity contribution in [3.05, 3.63) is 175 Å². The fourth-order valence-corrected chi connectivity index (χ4v) is 6.63. The Hall–Kier alpha value is -6.88. The minimum absolute atomic E-state index is 0.611. The summed E-state index contributed by atoms with van der Waals surface area (Å²) in [5.41, 5.74) is 12.5. The number of fused-ring (bicyclic) bond motifs is 3. The molecular formula is C44H28N4. The molecule has 0 spiro atoms. The highest BCUT2D eigenvalue weighted by molar-refractivity contribution is 6.11. The lowest BCUT2D eigenvalue weighted by Gasteiger charge is -2.24. The van der Waals surface area contributed by atoms with Crippen molar-refractivity contribution in [2.45, 2.75) is 0 Å². The van der Waals surface area contributed by atoms with E-state index in [9.17, 15) is 10.5 Å². The molecule has 4 heteroatoms. The van der Waals surface area contributed by atoms with E-state index in [-0.39, 0.29) is 0 Å². The number of nitrogens with zero attached hydrogens (tertiary/aromatic N) is 3. The zero-order valence-corrected chi connectivity index (χ0v) is 25.9. The van der Waals surface area contributed by atoms with Crippen LogP contribution < -0.4 is 5.32 Å². The summed E-state index contributed by atoms with van der Waals surface area (Å²) in [5.74, 6) is 0. The van der Waals surface area contributed by atoms with Gasteiger partial charge in [0.05, 0.1) is 45.7 Å². The molecule has 4 nitrogen and oxygen atoms in total. The van der Waals surface area contributed by atoms with Crippen LogP contribution >= 0.6 is 0 Å². The Morgan fingerprint density at radius 1 is 0.417 bits per heavy atom. The summed E-state index contributed by atoms with van der Waals surface area (Å²) in [7, 11) is 0. The van der Waals surface area contributed by atoms with Gasteiger partial charge in [0.25, 0.3) is 0 Å². The number of nitrogens with one attached hydrogen (secondary N) is 1. The molecule has 1 aromatic heterocycles. The second kappa shape index (κ2) is 12.1. The molecule has 0 saturated carbocycles. The number of aromatic nitrogens is 1. The van der Waals surface area contributed by atoms with Crippen LogP contribution in [0.4, 0.5) is 11.4 Å². The number of hydrogen-bond acceptors (Lipinski definition) is 3. The maximum absolute atomic E-state index is 9.58. The molecule has 0 aliphatic heterocycles. The highest BCUT2D eigenvalue weighted by atomic mass is 15.0. The molecule has 0 saturated heterocycles. The van der Waals surface area contributed by atoms with Crippen molar-refractivity contribution in [2.24, 2.45) is 0 Å². The van der Waals surface area contributed by atoms with Gasteiger partial charge in [0.1, 0.15) is 0 Å². The standard InChI is InChI=1S/C44H28N4/c45-28-30-18-22-33(23-19-30)36-26-27-37(34-24-20-31(29-46)21-25-34)44(48-41-16-8-5-13-38(41)39-14-6-9-17-42(39)48)43(36)47-40-15-7-4-12-35(40)32-10-2-1-3-11-32/h1-27,47H. The average Bonchev–Trinajstić information content (AvgIpc) is 3.49. The maximum Gasteiger partial charge on any atom is 0.0991 e. The molecule has 0 radical (unpaired) electrons. The predicted molar refractivity (Wildman–Crippen MR) is 196 cm³/mol. The van der Waals surface area contributed by atoms with Crippen LogP contribution in [-0.4, -0.2) is 4.57 Å². The SMILES string of the molecule is N#Cc1ccc(-c2ccc(-c3ccc(C#N)cc3)c(-n3c4ccccc4c4ccccc43)c2Nc2ccccc2-c2ccccc2)cc1. The first-order valence-electron chi connectivity index (χ1n) is 15.8. The van der Waals surface area contributed by atoms with Gasteiger partial charge in [-0.05, 0) is 59.2 Å². The summed E-state index contributed by atoms with van der Waals surface area (Å²) in [6.07, 6.45) is 0. The lowest BCUT2D eigenvalue weighted by atomic mass is 9.94. The molecular weight excluding hydrogens is 585 g/mol. The molecule has 0 fully saturated rings. The summed E-state index contributed by atoms with van der Waals surface area (Å²) in [6, 6.07) is 60.2. The van der Waals surface area contributed by atoms with Crippen LogP contribution in [0.15, 0.2) is 164 Å². The Labute approximate surface area is 279 Å². The molecule has 48 heavy (non-hydrogen) atoms. The number of rotatable bonds is 6. The molecule has 0 aliphatic rings. The molecule has 0 amide bonds. The largest absolute Gasteiger partial charge is 0.353 e. The van der Waals surface area contributed by atoms with E-state index in [0.29, 0.717) is 11.1 Å². The second-order valence-electron chi connectivity index (χ2n) is 11.7. The second-order valence-corrected chi connectivity index (χ2v) is 11.7. The summed E-state index contributed by atoms with van der Waals surface area (Å²) in [4.78, 5) is 0. The molecule has 1 heterocycles. The zero-order chi connectivity index (χ0) is 32.5. The van der Waals surface area contributed by atoms with Gasteiger partial charge in [-0.15, -0.1) is 0 Å². The lowest BCUT2D eigenvalue weighted by Crippen LogP contribution is -2.06. The summed E-state index contributed by atoms with van der Waals surface area (Å²) in [6.45, 7) is 0. The fraction of sp³-hybridized carbons (Fsp3) is 0. The van der Waals surface area contributed by atoms with Gasteiger partial charge in [-0.25, -0.2) is 0 Å². The molecule has 8 aromatic rings. The van der Waals surface area contributed by atoms with Crippen LogP contribution in [-0.2, 0) is 0 Å². The van der Waals surface area contributed by atoms with Gasteiger partial charge in [0.15, 0.2) is 0 Å². The Kier molecular flexibility index (Phi) is 7.23. The van der Waals surface area contributed by atoms with Crippen LogP contribution in [0.5, 0.6) is 0 Å². The first-order valence-corrected chi connectivity index (χ1v) is 15.8. The lowest BCUT2D eigenvalue weighted by molar-refractivity contribution is 1.18. The van der Waals surface area contributed by atoms with Gasteiger partial charge < -0.3 is 9.88 Å². The zero-order valence-electron chi connectivity index (χ0n) is 25.9. The van der Waals surface area contributed by atoms with Crippen LogP contribution in [0.25, 0.3) is 60.9 Å². The van der Waals surface area contributed by atoms with E-state index in [1.165, 1.54) is 10.8 Å². The molecule has 0 unspecified atom stereocenters. The monoisotopic (exact) mass is 612 g/mol. The number of hydrogen-bond donors (Lipinski definition) is 1. The maximum atomic E-state index is 9.58. The first-order chi connectivity index (χ1) is 23.7. The van der Waals surface area contributed by atoms with E-state index in [1.54, 1.807) is 0 Å². The summed E-state index contributed by atoms with van der Waals surface area (Å²) in [5, 5.41) is 25.4. The fourth-order valence-electron chi connectivity index (χ4n) is 6.63. The van der Waals surface area contributed by atoms with Crippen molar-refractivity contribution in [1.82, 2.24) is 4.57 Å². The van der Waals surface area contributed by atoms with Crippen LogP contribution in [0, 0.1) is 22.7 Å². The summed E-state index contributed by atoms with van der Waals surface area (Å²) < 4.78 is 2.36. The molecule has 0 aliphatic carbocycles. The van der Waals surface area contributed by atoms with E-state index in [4.69, 9.17) is 0 Å². The van der Waals surface area contributed by atoms with Gasteiger partial charge in [-0.2, -0.15) is 10.5 Å². The summed E-state index contributed by atoms with van der Waals surface area (Å²) >= 11 is 0. The minimum Gasteiger partial charge on any atom is -0.353 e. The molecule has 0 atom stereocenters. The molecule has 7 aromatic carbocycles. The van der Waals surface area contributed by atoms with E-state index in [2.05, 4.69) is 131 Å². The Morgan fingerprint density at radius 3 is 1.50 bits per heavy atom. The van der Waals surface area contributed by atoms with Gasteiger partial charge in [0.2, 0.25) is 0 Å². The van der Waals surface area contributed by atoms with Crippen LogP contribution in [0.1, 0.15) is 11.1 Å². The average molecular weight is 613 g/mol. The van der Waals surface area contributed by atoms with E-state index >= 15 is 0 Å². The normalized spacial score (nSPS) is 10.9. The molecule has 224 valence electrons. The highest BCUT2D eigenvalue weighted by Crippen LogP contribution is 2.46. The van der Waals surface area contributed by atoms with Crippen molar-refractivity contribution in [3.8, 4) is 51.2 Å². The Bertz CT molecular complexity index is 2480. The van der Waals surface area contributed by atoms with Gasteiger partial charge in [-0.1, -0.05) is 121 Å². The molecule has 0 bridgehead atoms. The number of nitriles is 2. The Balaban J connectivity index is 1.50. The third-order valence-electron chi connectivity index (χ3n) is 8.90. The van der Waals surface area contributed by atoms with Gasteiger partial charge in [0, 0.05) is 33.2 Å². The topological polar surface area (TPSA) is 64.5 Å². The van der Waals surface area contributed by atoms with Gasteiger partial charge >= 0.3 is 0 Å². The third-order valence-corrected chi connectivity index (χ3v) is 8.90. The Morgan fingerprint density at radius 2 is 0.896 bits per heavy atom. The number of benzene rings is 7. The van der Waals surface area contributed by atoms with Crippen molar-refractivity contribution < 1.29 is 0 Å². The highest BCUT2D eigenvalue weighted by Gasteiger charge is 2.23. The molecule has 8 rings (SSSR count). The number of para-hydroxylation sites is 3. The van der Waals surface area contributed by atoms with Crippen molar-refractivity contribution in [2.75, 3.05) is 5.32 Å². The van der Waals surface area contributed by atoms with Crippen LogP contribution in [0.2, 0.25) is 0 Å². The van der Waals surface area contributed by atoms with Crippen molar-refractivity contribution in [3.63, 3.8) is 0 Å². The van der Waals surface area contributed by atoms with Crippen LogP contribution in [0.3, 0.4) is 0 Å². The minimum atomic E-state index is 0.611. The van der Waals surface area contributed by atoms with E-state index in [1.807, 2.05) is 54.6 Å². The van der Waals surface area contributed by atoms with Crippen molar-refractivity contribution in [1.29, 1.82) is 10.5 Å². The number of anilines is 2. The third kappa shape index (κ3) is 4.95. The first kappa shape index (κ1) is 28.6. The van der Waals surface area contributed by atoms with Gasteiger partial charge in [-0.3, -0.25) is 0 Å². The quantitative estimate of drug-likeness (QED) is 0.203. The van der Waals surface area contributed by atoms with Crippen molar-refractivity contribution >= 4 is 33.2 Å². The smallest absolute Gasteiger partial charge is 0.0991 e. The predicted octanol–water partition coefficient (Wildman–Crippen LogP) is 11.3. The molecule has 1 N–H and O–H groups in total.